The van der Waals surface area contributed by atoms with Gasteiger partial charge in [-0.2, -0.15) is 0 Å². The number of benzene rings is 1. The highest BCUT2D eigenvalue weighted by Crippen LogP contribution is 2.34. The minimum Gasteiger partial charge on any atom is -0.322 e. The number of pyridine rings is 1. The molecule has 23 heavy (non-hydrogen) atoms. The number of hydrogen-bond acceptors (Lipinski definition) is 3. The summed E-state index contributed by atoms with van der Waals surface area (Å²) in [6, 6.07) is 7.60. The van der Waals surface area contributed by atoms with Crippen molar-refractivity contribution >= 4 is 17.2 Å². The molecule has 1 atom stereocenters. The number of anilines is 1. The zero-order valence-electron chi connectivity index (χ0n) is 12.6. The quantitative estimate of drug-likeness (QED) is 0.791. The number of fused-ring (bicyclic) bond motifs is 3. The average molecular weight is 310 g/mol. The van der Waals surface area contributed by atoms with Crippen LogP contribution < -0.4 is 5.32 Å². The maximum atomic E-state index is 13.0. The fraction of sp³-hybridized carbons (Fsp3) is 0.235. The summed E-state index contributed by atoms with van der Waals surface area (Å²) < 4.78 is 14.9. The summed E-state index contributed by atoms with van der Waals surface area (Å²) in [5.41, 5.74) is 3.93. The maximum absolute atomic E-state index is 13.0. The molecule has 5 nitrogen and oxygen atoms in total. The highest BCUT2D eigenvalue weighted by molar-refractivity contribution is 6.08. The lowest BCUT2D eigenvalue weighted by atomic mass is 10.0. The summed E-state index contributed by atoms with van der Waals surface area (Å²) in [7, 11) is 0. The van der Waals surface area contributed by atoms with Gasteiger partial charge in [0.2, 0.25) is 0 Å². The third-order valence-electron chi connectivity index (χ3n) is 4.40. The minimum absolute atomic E-state index is 0.267. The van der Waals surface area contributed by atoms with E-state index in [1.54, 1.807) is 6.33 Å². The van der Waals surface area contributed by atoms with Crippen molar-refractivity contribution in [2.45, 2.75) is 25.7 Å². The second kappa shape index (κ2) is 5.15. The zero-order valence-corrected chi connectivity index (χ0v) is 12.6. The summed E-state index contributed by atoms with van der Waals surface area (Å²) in [5.74, 6) is -0.195. The van der Waals surface area contributed by atoms with Crippen molar-refractivity contribution < 1.29 is 9.18 Å². The number of rotatable bonds is 2. The predicted octanol–water partition coefficient (Wildman–Crippen LogP) is 3.17. The maximum Gasteiger partial charge on any atom is 0.259 e. The van der Waals surface area contributed by atoms with Gasteiger partial charge in [0.1, 0.15) is 12.1 Å². The molecule has 1 aliphatic rings. The first-order valence-corrected chi connectivity index (χ1v) is 7.56. The van der Waals surface area contributed by atoms with Crippen molar-refractivity contribution in [2.75, 3.05) is 5.32 Å². The molecule has 0 bridgehead atoms. The molecule has 0 unspecified atom stereocenters. The Bertz CT molecular complexity index is 901. The van der Waals surface area contributed by atoms with Gasteiger partial charge in [-0.3, -0.25) is 9.20 Å². The summed E-state index contributed by atoms with van der Waals surface area (Å²) in [5, 5.41) is 10.8. The average Bonchev–Trinajstić information content (AvgIpc) is 3.15. The Morgan fingerprint density at radius 3 is 2.91 bits per heavy atom. The van der Waals surface area contributed by atoms with E-state index in [9.17, 15) is 9.18 Å². The molecule has 0 saturated carbocycles. The molecule has 4 rings (SSSR count). The number of aromatic nitrogens is 3. The molecule has 0 aliphatic heterocycles. The molecule has 1 amide bonds. The summed E-state index contributed by atoms with van der Waals surface area (Å²) in [6.45, 7) is 2.16. The molecule has 1 aromatic carbocycles. The Balaban J connectivity index is 1.76. The smallest absolute Gasteiger partial charge is 0.259 e. The predicted molar refractivity (Wildman–Crippen MR) is 84.1 cm³/mol. The molecule has 116 valence electrons. The molecule has 3 aromatic rings. The van der Waals surface area contributed by atoms with Crippen molar-refractivity contribution in [3.8, 4) is 0 Å². The van der Waals surface area contributed by atoms with Gasteiger partial charge in [-0.05, 0) is 54.7 Å². The molecule has 0 saturated heterocycles. The first kappa shape index (κ1) is 13.9. The van der Waals surface area contributed by atoms with E-state index in [2.05, 4.69) is 22.4 Å². The van der Waals surface area contributed by atoms with Gasteiger partial charge in [0.25, 0.3) is 5.91 Å². The van der Waals surface area contributed by atoms with Gasteiger partial charge in [-0.25, -0.2) is 4.39 Å². The van der Waals surface area contributed by atoms with Gasteiger partial charge in [0.15, 0.2) is 5.65 Å². The Morgan fingerprint density at radius 1 is 1.35 bits per heavy atom. The van der Waals surface area contributed by atoms with Gasteiger partial charge < -0.3 is 5.32 Å². The number of hydrogen-bond donors (Lipinski definition) is 1. The van der Waals surface area contributed by atoms with Crippen LogP contribution in [-0.4, -0.2) is 20.5 Å². The summed E-state index contributed by atoms with van der Waals surface area (Å²) in [6.07, 6.45) is 3.68. The lowest BCUT2D eigenvalue weighted by molar-refractivity contribution is 0.102. The van der Waals surface area contributed by atoms with E-state index in [0.717, 1.165) is 12.8 Å². The van der Waals surface area contributed by atoms with E-state index in [4.69, 9.17) is 0 Å². The third-order valence-corrected chi connectivity index (χ3v) is 4.40. The lowest BCUT2D eigenvalue weighted by Gasteiger charge is -2.11. The lowest BCUT2D eigenvalue weighted by Crippen LogP contribution is -2.15. The number of amides is 1. The van der Waals surface area contributed by atoms with E-state index >= 15 is 0 Å². The molecule has 6 heteroatoms. The molecule has 0 spiro atoms. The van der Waals surface area contributed by atoms with Crippen molar-refractivity contribution in [3.05, 3.63) is 59.3 Å². The van der Waals surface area contributed by atoms with Gasteiger partial charge >= 0.3 is 0 Å². The molecule has 2 aromatic heterocycles. The highest BCUT2D eigenvalue weighted by atomic mass is 19.1. The Hall–Kier alpha value is -2.76. The van der Waals surface area contributed by atoms with E-state index < -0.39 is 0 Å². The normalized spacial score (nSPS) is 16.5. The van der Waals surface area contributed by atoms with Crippen molar-refractivity contribution in [3.63, 3.8) is 0 Å². The van der Waals surface area contributed by atoms with Crippen molar-refractivity contribution in [1.29, 1.82) is 0 Å². The number of halogens is 1. The van der Waals surface area contributed by atoms with E-state index in [1.807, 2.05) is 10.5 Å². The van der Waals surface area contributed by atoms with Gasteiger partial charge in [-0.15, -0.1) is 10.2 Å². The van der Waals surface area contributed by atoms with Crippen LogP contribution in [0.25, 0.3) is 5.65 Å². The van der Waals surface area contributed by atoms with Crippen LogP contribution in [0, 0.1) is 5.82 Å². The van der Waals surface area contributed by atoms with Gasteiger partial charge in [0.05, 0.1) is 5.56 Å². The summed E-state index contributed by atoms with van der Waals surface area (Å²) in [4.78, 5) is 12.6. The fourth-order valence-corrected chi connectivity index (χ4v) is 3.16. The zero-order chi connectivity index (χ0) is 16.0. The number of carbonyl (C=O) groups is 1. The van der Waals surface area contributed by atoms with Crippen LogP contribution in [0.4, 0.5) is 10.1 Å². The molecular weight excluding hydrogens is 295 g/mol. The Labute approximate surface area is 132 Å². The van der Waals surface area contributed by atoms with Crippen molar-refractivity contribution in [1.82, 2.24) is 14.6 Å². The molecule has 0 radical (unpaired) electrons. The van der Waals surface area contributed by atoms with Crippen LogP contribution in [0.5, 0.6) is 0 Å². The topological polar surface area (TPSA) is 59.3 Å². The van der Waals surface area contributed by atoms with Gasteiger partial charge in [-0.1, -0.05) is 6.92 Å². The Morgan fingerprint density at radius 2 is 2.13 bits per heavy atom. The summed E-state index contributed by atoms with van der Waals surface area (Å²) >= 11 is 0. The van der Waals surface area contributed by atoms with Crippen LogP contribution in [0.1, 0.15) is 40.9 Å². The second-order valence-electron chi connectivity index (χ2n) is 5.89. The van der Waals surface area contributed by atoms with Crippen LogP contribution in [0.3, 0.4) is 0 Å². The minimum atomic E-state index is -0.339. The highest BCUT2D eigenvalue weighted by Gasteiger charge is 2.25. The van der Waals surface area contributed by atoms with E-state index in [1.165, 1.54) is 35.5 Å². The second-order valence-corrected chi connectivity index (χ2v) is 5.89. The van der Waals surface area contributed by atoms with Crippen LogP contribution in [0.2, 0.25) is 0 Å². The number of nitrogens with one attached hydrogen (secondary N) is 1. The van der Waals surface area contributed by atoms with E-state index in [-0.39, 0.29) is 11.7 Å². The molecule has 1 aliphatic carbocycles. The molecule has 0 fully saturated rings. The van der Waals surface area contributed by atoms with Crippen LogP contribution in [0.15, 0.2) is 36.7 Å². The van der Waals surface area contributed by atoms with Crippen LogP contribution >= 0.6 is 0 Å². The van der Waals surface area contributed by atoms with Crippen LogP contribution in [-0.2, 0) is 6.42 Å². The molecular formula is C17H15FN4O. The number of carbonyl (C=O) groups excluding carboxylic acids is 1. The monoisotopic (exact) mass is 310 g/mol. The largest absolute Gasteiger partial charge is 0.322 e. The first-order valence-electron chi connectivity index (χ1n) is 7.56. The van der Waals surface area contributed by atoms with E-state index in [0.29, 0.717) is 22.8 Å². The number of nitrogens with zero attached hydrogens (tertiary/aromatic N) is 3. The number of aryl methyl sites for hydroxylation is 1. The first-order chi connectivity index (χ1) is 11.1. The fourth-order valence-electron chi connectivity index (χ4n) is 3.16. The molecule has 2 heterocycles. The third kappa shape index (κ3) is 2.27. The van der Waals surface area contributed by atoms with Gasteiger partial charge in [0, 0.05) is 11.4 Å². The standard InChI is InChI=1S/C17H15FN4O/c1-10-2-7-15-13(10)8-14(16-21-19-9-22(15)16)17(23)20-12-5-3-11(18)4-6-12/h3-6,8-10H,2,7H2,1H3,(H,20,23)/t10-/m1/s1. The Kier molecular flexibility index (Phi) is 3.11. The van der Waals surface area contributed by atoms with Crippen molar-refractivity contribution in [2.24, 2.45) is 0 Å². The molecule has 1 N–H and O–H groups in total. The SMILES string of the molecule is C[C@@H]1CCc2c1cc(C(=O)Nc1ccc(F)cc1)c1nncn21.